The molecule has 1 aliphatic carbocycles. The number of aromatic nitrogens is 1. The first-order valence-electron chi connectivity index (χ1n) is 10.6. The van der Waals surface area contributed by atoms with Crippen molar-refractivity contribution < 1.29 is 23.5 Å². The molecule has 2 fully saturated rings. The summed E-state index contributed by atoms with van der Waals surface area (Å²) in [5.74, 6) is -0.933. The third kappa shape index (κ3) is 3.02. The summed E-state index contributed by atoms with van der Waals surface area (Å²) in [6.45, 7) is 3.36. The fourth-order valence-corrected chi connectivity index (χ4v) is 5.00. The maximum atomic E-state index is 15.4. The summed E-state index contributed by atoms with van der Waals surface area (Å²) < 4.78 is 27.2. The third-order valence-corrected chi connectivity index (χ3v) is 6.98. The van der Waals surface area contributed by atoms with E-state index in [0.717, 1.165) is 19.3 Å². The predicted octanol–water partition coefficient (Wildman–Crippen LogP) is 2.11. The lowest BCUT2D eigenvalue weighted by Gasteiger charge is -2.32. The molecule has 164 valence electrons. The smallest absolute Gasteiger partial charge is 0.351 e. The molecule has 5 rings (SSSR count). The van der Waals surface area contributed by atoms with Crippen LogP contribution in [0.3, 0.4) is 0 Å². The van der Waals surface area contributed by atoms with E-state index in [-0.39, 0.29) is 30.2 Å². The van der Waals surface area contributed by atoms with Gasteiger partial charge in [-0.3, -0.25) is 14.2 Å². The highest BCUT2D eigenvalue weighted by Gasteiger charge is 2.48. The fraction of sp³-hybridized carbons (Fsp3) is 0.500. The first kappa shape index (κ1) is 20.0. The zero-order chi connectivity index (χ0) is 21.9. The van der Waals surface area contributed by atoms with Gasteiger partial charge < -0.3 is 20.1 Å². The van der Waals surface area contributed by atoms with Gasteiger partial charge in [0.25, 0.3) is 5.56 Å². The third-order valence-electron chi connectivity index (χ3n) is 6.98. The first-order chi connectivity index (χ1) is 14.9. The number of carbonyl (C=O) groups is 2. The second-order valence-electron chi connectivity index (χ2n) is 8.75. The normalized spacial score (nSPS) is 23.5. The molecule has 2 aromatic rings. The number of ether oxygens (including phenoxy) is 2. The zero-order valence-electron chi connectivity index (χ0n) is 17.2. The van der Waals surface area contributed by atoms with Crippen LogP contribution < -0.4 is 20.9 Å². The summed E-state index contributed by atoms with van der Waals surface area (Å²) in [5, 5.41) is 0.347. The molecule has 31 heavy (non-hydrogen) atoms. The molecule has 1 saturated carbocycles. The Morgan fingerprint density at radius 3 is 2.87 bits per heavy atom. The molecule has 3 heterocycles. The van der Waals surface area contributed by atoms with E-state index in [1.54, 1.807) is 0 Å². The number of esters is 1. The van der Waals surface area contributed by atoms with Crippen molar-refractivity contribution >= 4 is 29.0 Å². The lowest BCUT2D eigenvalue weighted by atomic mass is 9.97. The number of hydrogen-bond acceptors (Lipinski definition) is 7. The Hall–Kier alpha value is -2.94. The van der Waals surface area contributed by atoms with Crippen LogP contribution in [0.5, 0.6) is 5.75 Å². The summed E-state index contributed by atoms with van der Waals surface area (Å²) >= 11 is 0. The SMILES string of the molecule is CC[C@H]1COc2c(N3CC[C@@H](C4(N)CC4)C3)c(F)cc3cc(C(=O)OC=O)c(=O)n1c23. The van der Waals surface area contributed by atoms with E-state index in [0.29, 0.717) is 47.8 Å². The minimum absolute atomic E-state index is 0.0223. The number of carbonyl (C=O) groups excluding carboxylic acids is 2. The van der Waals surface area contributed by atoms with Crippen molar-refractivity contribution in [2.24, 2.45) is 11.7 Å². The Morgan fingerprint density at radius 2 is 2.19 bits per heavy atom. The number of nitrogens with two attached hydrogens (primary N) is 1. The number of anilines is 1. The van der Waals surface area contributed by atoms with Gasteiger partial charge in [0, 0.05) is 24.0 Å². The van der Waals surface area contributed by atoms with Crippen molar-refractivity contribution in [1.82, 2.24) is 4.57 Å². The molecule has 1 saturated heterocycles. The first-order valence-corrected chi connectivity index (χ1v) is 10.6. The summed E-state index contributed by atoms with van der Waals surface area (Å²) in [4.78, 5) is 37.9. The molecule has 0 radical (unpaired) electrons. The van der Waals surface area contributed by atoms with Crippen LogP contribution in [0.4, 0.5) is 10.1 Å². The van der Waals surface area contributed by atoms with Gasteiger partial charge in [-0.05, 0) is 43.7 Å². The topological polar surface area (TPSA) is 104 Å². The van der Waals surface area contributed by atoms with E-state index in [2.05, 4.69) is 4.74 Å². The van der Waals surface area contributed by atoms with E-state index in [4.69, 9.17) is 10.5 Å². The summed E-state index contributed by atoms with van der Waals surface area (Å²) in [7, 11) is 0. The van der Waals surface area contributed by atoms with Crippen molar-refractivity contribution in [2.75, 3.05) is 24.6 Å². The molecule has 9 heteroatoms. The maximum absolute atomic E-state index is 15.4. The van der Waals surface area contributed by atoms with Gasteiger partial charge in [-0.1, -0.05) is 6.92 Å². The lowest BCUT2D eigenvalue weighted by molar-refractivity contribution is -0.123. The van der Waals surface area contributed by atoms with E-state index >= 15 is 4.39 Å². The molecular weight excluding hydrogens is 405 g/mol. The highest BCUT2D eigenvalue weighted by molar-refractivity contribution is 5.99. The Balaban J connectivity index is 1.69. The fourth-order valence-electron chi connectivity index (χ4n) is 5.00. The minimum atomic E-state index is -1.06. The van der Waals surface area contributed by atoms with Gasteiger partial charge in [-0.2, -0.15) is 0 Å². The molecule has 8 nitrogen and oxygen atoms in total. The zero-order valence-corrected chi connectivity index (χ0v) is 17.2. The standard InChI is InChI=1S/C22H24FN3O5/c1-2-14-10-30-19-17-12(7-15(20(28)26(14)17)21(29)31-11-27)8-16(23)18(19)25-6-3-13(9-25)22(24)4-5-22/h7-8,11,13-14H,2-6,9-10,24H2,1H3/t13-,14+/m1/s1. The number of benzene rings is 1. The predicted molar refractivity (Wildman–Crippen MR) is 111 cm³/mol. The van der Waals surface area contributed by atoms with Crippen molar-refractivity contribution in [3.8, 4) is 5.75 Å². The quantitative estimate of drug-likeness (QED) is 0.441. The van der Waals surface area contributed by atoms with E-state index in [9.17, 15) is 14.4 Å². The van der Waals surface area contributed by atoms with Gasteiger partial charge in [0.05, 0.1) is 11.6 Å². The molecule has 0 bridgehead atoms. The largest absolute Gasteiger partial charge is 0.487 e. The summed E-state index contributed by atoms with van der Waals surface area (Å²) in [6.07, 6.45) is 3.45. The molecule has 0 spiro atoms. The molecule has 2 N–H and O–H groups in total. The molecule has 0 amide bonds. The summed E-state index contributed by atoms with van der Waals surface area (Å²) in [5.41, 5.74) is 6.15. The Bertz CT molecular complexity index is 1160. The van der Waals surface area contributed by atoms with E-state index in [1.165, 1.54) is 16.7 Å². The van der Waals surface area contributed by atoms with E-state index < -0.39 is 17.3 Å². The van der Waals surface area contributed by atoms with Crippen LogP contribution in [-0.2, 0) is 9.53 Å². The van der Waals surface area contributed by atoms with Crippen molar-refractivity contribution in [3.05, 3.63) is 33.9 Å². The lowest BCUT2D eigenvalue weighted by Crippen LogP contribution is -2.37. The number of pyridine rings is 1. The Labute approximate surface area is 177 Å². The maximum Gasteiger partial charge on any atom is 0.351 e. The van der Waals surface area contributed by atoms with Crippen LogP contribution in [0.2, 0.25) is 0 Å². The average molecular weight is 429 g/mol. The van der Waals surface area contributed by atoms with E-state index in [1.807, 2.05) is 11.8 Å². The number of hydrogen-bond donors (Lipinski definition) is 1. The molecular formula is C22H24FN3O5. The average Bonchev–Trinajstić information content (AvgIpc) is 3.31. The Morgan fingerprint density at radius 1 is 1.42 bits per heavy atom. The van der Waals surface area contributed by atoms with Crippen LogP contribution in [0.25, 0.3) is 10.9 Å². The number of nitrogens with zero attached hydrogens (tertiary/aromatic N) is 2. The van der Waals surface area contributed by atoms with Crippen LogP contribution in [-0.4, -0.2) is 42.2 Å². The molecule has 1 aromatic carbocycles. The van der Waals surface area contributed by atoms with Crippen LogP contribution in [0, 0.1) is 11.7 Å². The van der Waals surface area contributed by atoms with Crippen LogP contribution in [0.15, 0.2) is 16.9 Å². The molecule has 2 atom stereocenters. The highest BCUT2D eigenvalue weighted by Crippen LogP contribution is 2.48. The van der Waals surface area contributed by atoms with Gasteiger partial charge in [-0.15, -0.1) is 0 Å². The van der Waals surface area contributed by atoms with Crippen molar-refractivity contribution in [3.63, 3.8) is 0 Å². The van der Waals surface area contributed by atoms with Crippen molar-refractivity contribution in [1.29, 1.82) is 0 Å². The molecule has 3 aliphatic rings. The monoisotopic (exact) mass is 429 g/mol. The number of halogens is 1. The van der Waals surface area contributed by atoms with Crippen molar-refractivity contribution in [2.45, 2.75) is 44.2 Å². The van der Waals surface area contributed by atoms with Gasteiger partial charge in [-0.25, -0.2) is 9.18 Å². The second-order valence-corrected chi connectivity index (χ2v) is 8.75. The summed E-state index contributed by atoms with van der Waals surface area (Å²) in [6, 6.07) is 2.25. The molecule has 1 aromatic heterocycles. The number of rotatable bonds is 5. The van der Waals surface area contributed by atoms with Gasteiger partial charge in [0.15, 0.2) is 11.6 Å². The minimum Gasteiger partial charge on any atom is -0.487 e. The van der Waals surface area contributed by atoms with Crippen LogP contribution in [0.1, 0.15) is 49.0 Å². The van der Waals surface area contributed by atoms with Gasteiger partial charge >= 0.3 is 12.4 Å². The molecule has 0 unspecified atom stereocenters. The molecule has 2 aliphatic heterocycles. The second kappa shape index (κ2) is 7.05. The Kier molecular flexibility index (Phi) is 4.55. The van der Waals surface area contributed by atoms with Gasteiger partial charge in [0.2, 0.25) is 0 Å². The van der Waals surface area contributed by atoms with Gasteiger partial charge in [0.1, 0.15) is 17.9 Å². The highest BCUT2D eigenvalue weighted by atomic mass is 19.1. The van der Waals surface area contributed by atoms with Crippen LogP contribution >= 0.6 is 0 Å².